The fourth-order valence-electron chi connectivity index (χ4n) is 0.144. The van der Waals surface area contributed by atoms with Crippen molar-refractivity contribution in [2.45, 2.75) is 26.7 Å². The van der Waals surface area contributed by atoms with Crippen molar-refractivity contribution in [2.24, 2.45) is 5.92 Å². The minimum Gasteiger partial charge on any atom is -0.0651 e. The average Bonchev–Trinajstić information content (AvgIpc) is 1.65. The summed E-state index contributed by atoms with van der Waals surface area (Å²) in [6.45, 7) is 11.0. The van der Waals surface area contributed by atoms with Crippen LogP contribution < -0.4 is 0 Å². The highest BCUT2D eigenvalue weighted by molar-refractivity contribution is 4.48. The molecule has 0 amide bonds. The Labute approximate surface area is 40.6 Å². The first kappa shape index (κ1) is 6.00. The van der Waals surface area contributed by atoms with Crippen LogP contribution >= 0.6 is 0 Å². The van der Waals surface area contributed by atoms with Gasteiger partial charge in [-0.1, -0.05) is 20.3 Å². The van der Waals surface area contributed by atoms with Gasteiger partial charge in [-0.2, -0.15) is 0 Å². The zero-order valence-electron chi connectivity index (χ0n) is 4.49. The molecule has 0 N–H and O–H groups in total. The Balaban J connectivity index is 2.75. The molecule has 0 aliphatic rings. The third-order valence-corrected chi connectivity index (χ3v) is 1.05. The Morgan fingerprint density at radius 3 is 2.17 bits per heavy atom. The molecule has 0 spiro atoms. The third-order valence-electron chi connectivity index (χ3n) is 1.05. The molecule has 0 bridgehead atoms. The molecule has 6 heavy (non-hydrogen) atoms. The van der Waals surface area contributed by atoms with E-state index in [1.165, 1.54) is 0 Å². The molecule has 0 aliphatic carbocycles. The SMILES string of the molecule is [C]CC(C)CC. The van der Waals surface area contributed by atoms with E-state index in [0.29, 0.717) is 12.3 Å². The molecule has 0 heteroatoms. The van der Waals surface area contributed by atoms with E-state index in [0.717, 1.165) is 6.42 Å². The maximum Gasteiger partial charge on any atom is -0.00908 e. The smallest absolute Gasteiger partial charge is 0.00908 e. The molecule has 1 unspecified atom stereocenters. The lowest BCUT2D eigenvalue weighted by molar-refractivity contribution is 0.570. The van der Waals surface area contributed by atoms with Crippen molar-refractivity contribution in [2.75, 3.05) is 0 Å². The molecule has 0 fully saturated rings. The Bertz CT molecular complexity index is 19.2. The first-order valence-electron chi connectivity index (χ1n) is 2.45. The minimum atomic E-state index is 0.580. The Hall–Kier alpha value is 0. The molecule has 0 aromatic heterocycles. The molecule has 0 aromatic rings. The predicted octanol–water partition coefficient (Wildman–Crippen LogP) is 2.01. The van der Waals surface area contributed by atoms with Crippen molar-refractivity contribution in [3.05, 3.63) is 6.92 Å². The fourth-order valence-corrected chi connectivity index (χ4v) is 0.144. The second-order valence-corrected chi connectivity index (χ2v) is 1.72. The van der Waals surface area contributed by atoms with Gasteiger partial charge in [0.05, 0.1) is 0 Å². The highest BCUT2D eigenvalue weighted by Crippen LogP contribution is 2.02. The summed E-state index contributed by atoms with van der Waals surface area (Å²) in [4.78, 5) is 0. The summed E-state index contributed by atoms with van der Waals surface area (Å²) in [5, 5.41) is 0. The molecule has 0 heterocycles. The molecule has 3 radical (unpaired) electrons. The monoisotopic (exact) mass is 83.1 g/mol. The Morgan fingerprint density at radius 1 is 1.67 bits per heavy atom. The third kappa shape index (κ3) is 2.25. The van der Waals surface area contributed by atoms with Crippen LogP contribution in [0.1, 0.15) is 26.7 Å². The molecule has 0 saturated heterocycles. The van der Waals surface area contributed by atoms with Crippen LogP contribution in [-0.4, -0.2) is 0 Å². The second-order valence-electron chi connectivity index (χ2n) is 1.72. The molecule has 1 atom stereocenters. The number of hydrogen-bond acceptors (Lipinski definition) is 0. The molecular formula is C6H11. The van der Waals surface area contributed by atoms with Crippen LogP contribution in [0.2, 0.25) is 0 Å². The van der Waals surface area contributed by atoms with Gasteiger partial charge >= 0.3 is 0 Å². The zero-order valence-corrected chi connectivity index (χ0v) is 4.49. The van der Waals surface area contributed by atoms with Gasteiger partial charge in [-0.15, -0.1) is 0 Å². The lowest BCUT2D eigenvalue weighted by atomic mass is 10.1. The summed E-state index contributed by atoms with van der Waals surface area (Å²) in [5.74, 6) is 0.602. The van der Waals surface area contributed by atoms with Gasteiger partial charge in [0.2, 0.25) is 0 Å². The summed E-state index contributed by atoms with van der Waals surface area (Å²) < 4.78 is 0. The van der Waals surface area contributed by atoms with Gasteiger partial charge in [0.1, 0.15) is 0 Å². The molecule has 0 nitrogen and oxygen atoms in total. The molecule has 0 rings (SSSR count). The van der Waals surface area contributed by atoms with Crippen molar-refractivity contribution in [1.29, 1.82) is 0 Å². The van der Waals surface area contributed by atoms with E-state index >= 15 is 0 Å². The molecular weight excluding hydrogens is 72.1 g/mol. The average molecular weight is 83.2 g/mol. The highest BCUT2D eigenvalue weighted by atomic mass is 13.9. The van der Waals surface area contributed by atoms with Gasteiger partial charge in [-0.3, -0.25) is 0 Å². The topological polar surface area (TPSA) is 0 Å². The van der Waals surface area contributed by atoms with Crippen LogP contribution in [-0.2, 0) is 0 Å². The van der Waals surface area contributed by atoms with Crippen LogP contribution in [0.4, 0.5) is 0 Å². The quantitative estimate of drug-likeness (QED) is 0.479. The standard InChI is InChI=1S/C6H11/c1-4-6(3)5-2/h6H,4-5H2,1,3H3. The van der Waals surface area contributed by atoms with E-state index < -0.39 is 0 Å². The van der Waals surface area contributed by atoms with Crippen LogP contribution in [0, 0.1) is 12.8 Å². The molecule has 0 saturated carbocycles. The maximum atomic E-state index is 6.81. The van der Waals surface area contributed by atoms with E-state index in [1.54, 1.807) is 0 Å². The Morgan fingerprint density at radius 2 is 2.17 bits per heavy atom. The lowest BCUT2D eigenvalue weighted by Gasteiger charge is -1.98. The van der Waals surface area contributed by atoms with Crippen molar-refractivity contribution in [3.63, 3.8) is 0 Å². The predicted molar refractivity (Wildman–Crippen MR) is 27.3 cm³/mol. The van der Waals surface area contributed by atoms with Crippen molar-refractivity contribution in [3.8, 4) is 0 Å². The van der Waals surface area contributed by atoms with Crippen LogP contribution in [0.5, 0.6) is 0 Å². The van der Waals surface area contributed by atoms with Gasteiger partial charge in [-0.05, 0) is 19.3 Å². The summed E-state index contributed by atoms with van der Waals surface area (Å²) in [7, 11) is 0. The van der Waals surface area contributed by atoms with Crippen LogP contribution in [0.15, 0.2) is 0 Å². The fraction of sp³-hybridized carbons (Fsp3) is 0.833. The van der Waals surface area contributed by atoms with Gasteiger partial charge < -0.3 is 0 Å². The summed E-state index contributed by atoms with van der Waals surface area (Å²) in [5.41, 5.74) is 0. The lowest BCUT2D eigenvalue weighted by Crippen LogP contribution is -1.85. The summed E-state index contributed by atoms with van der Waals surface area (Å²) in [6, 6.07) is 0. The number of rotatable bonds is 2. The molecule has 0 aromatic carbocycles. The molecule has 35 valence electrons. The highest BCUT2D eigenvalue weighted by Gasteiger charge is 1.89. The zero-order chi connectivity index (χ0) is 4.99. The van der Waals surface area contributed by atoms with E-state index in [-0.39, 0.29) is 0 Å². The largest absolute Gasteiger partial charge is 0.0651 e. The van der Waals surface area contributed by atoms with Crippen LogP contribution in [0.25, 0.3) is 0 Å². The van der Waals surface area contributed by atoms with Gasteiger partial charge in [0, 0.05) is 0 Å². The van der Waals surface area contributed by atoms with Gasteiger partial charge in [0.25, 0.3) is 0 Å². The van der Waals surface area contributed by atoms with Crippen molar-refractivity contribution >= 4 is 0 Å². The Kier molecular flexibility index (Phi) is 3.20. The summed E-state index contributed by atoms with van der Waals surface area (Å²) in [6.07, 6.45) is 1.72. The summed E-state index contributed by atoms with van der Waals surface area (Å²) >= 11 is 0. The van der Waals surface area contributed by atoms with E-state index in [2.05, 4.69) is 13.8 Å². The van der Waals surface area contributed by atoms with E-state index in [9.17, 15) is 0 Å². The van der Waals surface area contributed by atoms with Gasteiger partial charge in [0.15, 0.2) is 0 Å². The first-order valence-corrected chi connectivity index (χ1v) is 2.45. The first-order chi connectivity index (χ1) is 2.81. The molecule has 0 aliphatic heterocycles. The minimum absolute atomic E-state index is 0.580. The van der Waals surface area contributed by atoms with Crippen LogP contribution in [0.3, 0.4) is 0 Å². The van der Waals surface area contributed by atoms with E-state index in [1.807, 2.05) is 0 Å². The van der Waals surface area contributed by atoms with Crippen molar-refractivity contribution in [1.82, 2.24) is 0 Å². The van der Waals surface area contributed by atoms with Gasteiger partial charge in [-0.25, -0.2) is 0 Å². The van der Waals surface area contributed by atoms with E-state index in [4.69, 9.17) is 6.92 Å². The second kappa shape index (κ2) is 3.20. The number of hydrogen-bond donors (Lipinski definition) is 0. The van der Waals surface area contributed by atoms with Crippen molar-refractivity contribution < 1.29 is 0 Å². The maximum absolute atomic E-state index is 6.81. The normalized spacial score (nSPS) is 10.0.